The van der Waals surface area contributed by atoms with E-state index in [1.807, 2.05) is 0 Å². The molecule has 0 amide bonds. The number of terminal acetylenes is 1. The number of rotatable bonds is 2. The molecule has 0 aromatic carbocycles. The Morgan fingerprint density at radius 1 is 1.46 bits per heavy atom. The third-order valence-corrected chi connectivity index (χ3v) is 2.64. The molecule has 1 aliphatic heterocycles. The number of hydrogen-bond donors (Lipinski definition) is 0. The van der Waals surface area contributed by atoms with E-state index in [0.29, 0.717) is 5.41 Å². The van der Waals surface area contributed by atoms with E-state index in [-0.39, 0.29) is 0 Å². The highest BCUT2D eigenvalue weighted by Gasteiger charge is 2.27. The Hall–Kier alpha value is -0.480. The van der Waals surface area contributed by atoms with Gasteiger partial charge in [0, 0.05) is 6.04 Å². The van der Waals surface area contributed by atoms with E-state index in [0.717, 1.165) is 12.6 Å². The average molecular weight is 179 g/mol. The van der Waals surface area contributed by atoms with Crippen LogP contribution >= 0.6 is 0 Å². The first-order valence-electron chi connectivity index (χ1n) is 5.20. The van der Waals surface area contributed by atoms with E-state index in [2.05, 4.69) is 31.6 Å². The van der Waals surface area contributed by atoms with Gasteiger partial charge < -0.3 is 0 Å². The van der Waals surface area contributed by atoms with E-state index in [4.69, 9.17) is 6.42 Å². The standard InChI is InChI=1S/C12H21N/c1-5-8-13-9-6-7-11(13)10-12(2,3)4/h1,11H,6-10H2,2-4H3/t11-/m0/s1. The van der Waals surface area contributed by atoms with Crippen LogP contribution in [0.4, 0.5) is 0 Å². The van der Waals surface area contributed by atoms with Crippen LogP contribution in [0.25, 0.3) is 0 Å². The fourth-order valence-electron chi connectivity index (χ4n) is 2.16. The van der Waals surface area contributed by atoms with Crippen LogP contribution in [0.15, 0.2) is 0 Å². The molecule has 0 radical (unpaired) electrons. The molecule has 0 saturated carbocycles. The van der Waals surface area contributed by atoms with Crippen LogP contribution in [-0.2, 0) is 0 Å². The molecule has 1 saturated heterocycles. The Bertz CT molecular complexity index is 194. The zero-order chi connectivity index (χ0) is 9.90. The van der Waals surface area contributed by atoms with E-state index in [1.54, 1.807) is 0 Å². The summed E-state index contributed by atoms with van der Waals surface area (Å²) in [5, 5.41) is 0. The molecule has 1 heteroatoms. The Morgan fingerprint density at radius 3 is 2.69 bits per heavy atom. The topological polar surface area (TPSA) is 3.24 Å². The molecule has 0 aliphatic carbocycles. The number of nitrogens with zero attached hydrogens (tertiary/aromatic N) is 1. The molecule has 13 heavy (non-hydrogen) atoms. The van der Waals surface area contributed by atoms with E-state index in [9.17, 15) is 0 Å². The minimum absolute atomic E-state index is 0.432. The van der Waals surface area contributed by atoms with Gasteiger partial charge in [-0.1, -0.05) is 26.7 Å². The molecule has 74 valence electrons. The van der Waals surface area contributed by atoms with Gasteiger partial charge in [0.2, 0.25) is 0 Å². The number of likely N-dealkylation sites (tertiary alicyclic amines) is 1. The molecule has 0 aromatic heterocycles. The van der Waals surface area contributed by atoms with Crippen LogP contribution in [0.1, 0.15) is 40.0 Å². The fourth-order valence-corrected chi connectivity index (χ4v) is 2.16. The van der Waals surface area contributed by atoms with Crippen LogP contribution < -0.4 is 0 Å². The highest BCUT2D eigenvalue weighted by Crippen LogP contribution is 2.29. The zero-order valence-corrected chi connectivity index (χ0v) is 9.14. The fraction of sp³-hybridized carbons (Fsp3) is 0.833. The van der Waals surface area contributed by atoms with Crippen molar-refractivity contribution in [3.05, 3.63) is 0 Å². The quantitative estimate of drug-likeness (QED) is 0.589. The zero-order valence-electron chi connectivity index (χ0n) is 9.14. The molecule has 1 atom stereocenters. The predicted octanol–water partition coefficient (Wildman–Crippen LogP) is 2.52. The van der Waals surface area contributed by atoms with Crippen molar-refractivity contribution in [2.45, 2.75) is 46.1 Å². The first-order chi connectivity index (χ1) is 6.03. The second kappa shape index (κ2) is 4.15. The molecule has 1 nitrogen and oxygen atoms in total. The van der Waals surface area contributed by atoms with Crippen LogP contribution in [0.2, 0.25) is 0 Å². The Kier molecular flexibility index (Phi) is 3.39. The summed E-state index contributed by atoms with van der Waals surface area (Å²) >= 11 is 0. The lowest BCUT2D eigenvalue weighted by Crippen LogP contribution is -2.32. The summed E-state index contributed by atoms with van der Waals surface area (Å²) in [5.74, 6) is 2.75. The molecule has 0 N–H and O–H groups in total. The third-order valence-electron chi connectivity index (χ3n) is 2.64. The Labute approximate surface area is 82.5 Å². The van der Waals surface area contributed by atoms with Gasteiger partial charge >= 0.3 is 0 Å². The molecule has 0 unspecified atom stereocenters. The van der Waals surface area contributed by atoms with Crippen molar-refractivity contribution in [1.82, 2.24) is 4.90 Å². The SMILES string of the molecule is C#CCN1CCC[C@H]1CC(C)(C)C. The number of hydrogen-bond acceptors (Lipinski definition) is 1. The lowest BCUT2D eigenvalue weighted by molar-refractivity contribution is 0.209. The molecule has 0 spiro atoms. The van der Waals surface area contributed by atoms with Gasteiger partial charge in [-0.15, -0.1) is 6.42 Å². The summed E-state index contributed by atoms with van der Waals surface area (Å²) in [7, 11) is 0. The molecule has 0 bridgehead atoms. The first-order valence-corrected chi connectivity index (χ1v) is 5.20. The predicted molar refractivity (Wildman–Crippen MR) is 57.5 cm³/mol. The van der Waals surface area contributed by atoms with Crippen molar-refractivity contribution in [3.8, 4) is 12.3 Å². The average Bonchev–Trinajstić information content (AvgIpc) is 2.34. The Balaban J connectivity index is 2.45. The third kappa shape index (κ3) is 3.40. The van der Waals surface area contributed by atoms with Gasteiger partial charge in [0.15, 0.2) is 0 Å². The maximum atomic E-state index is 5.34. The van der Waals surface area contributed by atoms with Crippen molar-refractivity contribution < 1.29 is 0 Å². The van der Waals surface area contributed by atoms with E-state index < -0.39 is 0 Å². The highest BCUT2D eigenvalue weighted by molar-refractivity contribution is 4.93. The molecular weight excluding hydrogens is 158 g/mol. The second-order valence-electron chi connectivity index (χ2n) is 5.24. The summed E-state index contributed by atoms with van der Waals surface area (Å²) in [6.45, 7) is 8.95. The van der Waals surface area contributed by atoms with E-state index in [1.165, 1.54) is 25.8 Å². The van der Waals surface area contributed by atoms with Gasteiger partial charge in [-0.2, -0.15) is 0 Å². The van der Waals surface area contributed by atoms with Gasteiger partial charge in [0.25, 0.3) is 0 Å². The lowest BCUT2D eigenvalue weighted by Gasteiger charge is -2.28. The monoisotopic (exact) mass is 179 g/mol. The second-order valence-corrected chi connectivity index (χ2v) is 5.24. The lowest BCUT2D eigenvalue weighted by atomic mass is 9.87. The summed E-state index contributed by atoms with van der Waals surface area (Å²) < 4.78 is 0. The van der Waals surface area contributed by atoms with Crippen molar-refractivity contribution >= 4 is 0 Å². The van der Waals surface area contributed by atoms with Crippen LogP contribution in [0, 0.1) is 17.8 Å². The van der Waals surface area contributed by atoms with Crippen molar-refractivity contribution in [2.75, 3.05) is 13.1 Å². The highest BCUT2D eigenvalue weighted by atomic mass is 15.2. The van der Waals surface area contributed by atoms with E-state index >= 15 is 0 Å². The molecule has 1 rings (SSSR count). The molecule has 1 fully saturated rings. The van der Waals surface area contributed by atoms with Gasteiger partial charge in [-0.3, -0.25) is 4.90 Å². The van der Waals surface area contributed by atoms with Crippen molar-refractivity contribution in [1.29, 1.82) is 0 Å². The summed E-state index contributed by atoms with van der Waals surface area (Å²) in [6.07, 6.45) is 9.27. The Morgan fingerprint density at radius 2 is 2.15 bits per heavy atom. The van der Waals surface area contributed by atoms with Crippen LogP contribution in [0.3, 0.4) is 0 Å². The molecule has 1 aliphatic rings. The van der Waals surface area contributed by atoms with Gasteiger partial charge in [-0.05, 0) is 31.2 Å². The maximum absolute atomic E-state index is 5.34. The summed E-state index contributed by atoms with van der Waals surface area (Å²) in [5.41, 5.74) is 0.432. The normalized spacial score (nSPS) is 24.6. The van der Waals surface area contributed by atoms with Gasteiger partial charge in [-0.25, -0.2) is 0 Å². The van der Waals surface area contributed by atoms with Crippen LogP contribution in [0.5, 0.6) is 0 Å². The van der Waals surface area contributed by atoms with Crippen LogP contribution in [-0.4, -0.2) is 24.0 Å². The van der Waals surface area contributed by atoms with Gasteiger partial charge in [0.1, 0.15) is 0 Å². The van der Waals surface area contributed by atoms with Crippen molar-refractivity contribution in [2.24, 2.45) is 5.41 Å². The summed E-state index contributed by atoms with van der Waals surface area (Å²) in [4.78, 5) is 2.45. The minimum atomic E-state index is 0.432. The maximum Gasteiger partial charge on any atom is 0.0601 e. The largest absolute Gasteiger partial charge is 0.289 e. The molecular formula is C12H21N. The first kappa shape index (κ1) is 10.6. The minimum Gasteiger partial charge on any atom is -0.289 e. The smallest absolute Gasteiger partial charge is 0.0601 e. The van der Waals surface area contributed by atoms with Crippen molar-refractivity contribution in [3.63, 3.8) is 0 Å². The molecule has 1 heterocycles. The molecule has 0 aromatic rings. The van der Waals surface area contributed by atoms with Gasteiger partial charge in [0.05, 0.1) is 6.54 Å². The summed E-state index contributed by atoms with van der Waals surface area (Å²) in [6, 6.07) is 0.732.